The van der Waals surface area contributed by atoms with Gasteiger partial charge >= 0.3 is 11.9 Å². The Morgan fingerprint density at radius 2 is 1.74 bits per heavy atom. The van der Waals surface area contributed by atoms with Crippen LogP contribution in [0.5, 0.6) is 0 Å². The zero-order valence-corrected chi connectivity index (χ0v) is 18.6. The van der Waals surface area contributed by atoms with E-state index in [1.165, 1.54) is 13.1 Å². The van der Waals surface area contributed by atoms with Crippen LogP contribution < -0.4 is 16.0 Å². The third kappa shape index (κ3) is 4.06. The standard InChI is InChI=1S/C24H21FN4O5/c1-28-22(30)15-11-14(9-10-17(15)25)29-20(24(32)34-3)19(23(31)33-2)18(16(12-26)21(29)27)13-7-5-4-6-8-13/h4-11,18H,27H2,1-3H3,(H,28,30). The van der Waals surface area contributed by atoms with Gasteiger partial charge in [0.05, 0.1) is 42.9 Å². The first-order valence-electron chi connectivity index (χ1n) is 9.97. The van der Waals surface area contributed by atoms with Crippen LogP contribution in [0.25, 0.3) is 0 Å². The number of amides is 1. The van der Waals surface area contributed by atoms with E-state index in [4.69, 9.17) is 15.2 Å². The summed E-state index contributed by atoms with van der Waals surface area (Å²) in [6.07, 6.45) is 0. The van der Waals surface area contributed by atoms with E-state index in [-0.39, 0.29) is 33.9 Å². The predicted molar refractivity (Wildman–Crippen MR) is 119 cm³/mol. The Bertz CT molecular complexity index is 1260. The van der Waals surface area contributed by atoms with Gasteiger partial charge in [-0.2, -0.15) is 5.26 Å². The van der Waals surface area contributed by atoms with Crippen molar-refractivity contribution >= 4 is 23.5 Å². The summed E-state index contributed by atoms with van der Waals surface area (Å²) in [5.74, 6) is -4.62. The average Bonchev–Trinajstić information content (AvgIpc) is 2.87. The van der Waals surface area contributed by atoms with Gasteiger partial charge in [-0.1, -0.05) is 30.3 Å². The minimum atomic E-state index is -1.04. The average molecular weight is 464 g/mol. The second kappa shape index (κ2) is 9.87. The fourth-order valence-corrected chi connectivity index (χ4v) is 3.74. The van der Waals surface area contributed by atoms with Gasteiger partial charge in [0, 0.05) is 12.7 Å². The lowest BCUT2D eigenvalue weighted by Gasteiger charge is -2.36. The summed E-state index contributed by atoms with van der Waals surface area (Å²) in [5, 5.41) is 12.3. The molecule has 0 aliphatic carbocycles. The fraction of sp³-hybridized carbons (Fsp3) is 0.167. The first-order valence-corrected chi connectivity index (χ1v) is 9.97. The Morgan fingerprint density at radius 1 is 1.09 bits per heavy atom. The highest BCUT2D eigenvalue weighted by Crippen LogP contribution is 2.43. The Hall–Kier alpha value is -4.65. The van der Waals surface area contributed by atoms with Crippen molar-refractivity contribution in [2.24, 2.45) is 5.73 Å². The van der Waals surface area contributed by atoms with E-state index in [1.807, 2.05) is 6.07 Å². The van der Waals surface area contributed by atoms with Crippen LogP contribution in [-0.2, 0) is 19.1 Å². The molecule has 0 saturated carbocycles. The van der Waals surface area contributed by atoms with E-state index in [9.17, 15) is 24.0 Å². The van der Waals surface area contributed by atoms with E-state index in [1.54, 1.807) is 30.3 Å². The highest BCUT2D eigenvalue weighted by Gasteiger charge is 2.43. The molecule has 1 aliphatic heterocycles. The van der Waals surface area contributed by atoms with Crippen molar-refractivity contribution in [1.82, 2.24) is 5.32 Å². The number of nitriles is 1. The molecule has 10 heteroatoms. The molecule has 1 unspecified atom stereocenters. The monoisotopic (exact) mass is 464 g/mol. The van der Waals surface area contributed by atoms with Crippen molar-refractivity contribution in [1.29, 1.82) is 5.26 Å². The third-order valence-corrected chi connectivity index (χ3v) is 5.29. The molecular formula is C24H21FN4O5. The topological polar surface area (TPSA) is 135 Å². The van der Waals surface area contributed by atoms with Crippen LogP contribution in [0.2, 0.25) is 0 Å². The SMILES string of the molecule is CNC(=O)c1cc(N2C(N)=C(C#N)C(c3ccccc3)C(C(=O)OC)=C2C(=O)OC)ccc1F. The van der Waals surface area contributed by atoms with Crippen molar-refractivity contribution in [3.05, 3.63) is 88.1 Å². The van der Waals surface area contributed by atoms with Crippen LogP contribution in [0.4, 0.5) is 10.1 Å². The predicted octanol–water partition coefficient (Wildman–Crippen LogP) is 2.08. The van der Waals surface area contributed by atoms with Crippen molar-refractivity contribution < 1.29 is 28.2 Å². The van der Waals surface area contributed by atoms with E-state index < -0.39 is 29.6 Å². The molecule has 34 heavy (non-hydrogen) atoms. The number of anilines is 1. The Balaban J connectivity index is 2.41. The number of nitrogens with two attached hydrogens (primary N) is 1. The second-order valence-corrected chi connectivity index (χ2v) is 7.08. The lowest BCUT2D eigenvalue weighted by atomic mass is 9.81. The molecule has 0 spiro atoms. The van der Waals surface area contributed by atoms with Gasteiger partial charge < -0.3 is 20.5 Å². The number of nitrogens with one attached hydrogen (secondary N) is 1. The number of halogens is 1. The summed E-state index contributed by atoms with van der Waals surface area (Å²) < 4.78 is 24.2. The summed E-state index contributed by atoms with van der Waals surface area (Å²) in [6, 6.07) is 13.9. The number of methoxy groups -OCH3 is 2. The quantitative estimate of drug-likeness (QED) is 0.643. The van der Waals surface area contributed by atoms with Gasteiger partial charge in [-0.05, 0) is 23.8 Å². The van der Waals surface area contributed by atoms with E-state index >= 15 is 0 Å². The van der Waals surface area contributed by atoms with Gasteiger partial charge in [-0.15, -0.1) is 0 Å². The van der Waals surface area contributed by atoms with Crippen molar-refractivity contribution in [3.63, 3.8) is 0 Å². The van der Waals surface area contributed by atoms with E-state index in [0.717, 1.165) is 31.3 Å². The first kappa shape index (κ1) is 24.0. The highest BCUT2D eigenvalue weighted by atomic mass is 19.1. The summed E-state index contributed by atoms with van der Waals surface area (Å²) in [5.41, 5.74) is 6.03. The molecule has 0 bridgehead atoms. The minimum Gasteiger partial charge on any atom is -0.466 e. The van der Waals surface area contributed by atoms with Gasteiger partial charge in [0.25, 0.3) is 5.91 Å². The molecule has 0 saturated heterocycles. The molecule has 1 amide bonds. The number of allylic oxidation sites excluding steroid dienone is 1. The maximum absolute atomic E-state index is 14.3. The lowest BCUT2D eigenvalue weighted by Crippen LogP contribution is -2.41. The van der Waals surface area contributed by atoms with E-state index in [0.29, 0.717) is 5.56 Å². The largest absolute Gasteiger partial charge is 0.466 e. The number of benzene rings is 2. The molecule has 1 atom stereocenters. The zero-order chi connectivity index (χ0) is 25.0. The Kier molecular flexibility index (Phi) is 6.97. The summed E-state index contributed by atoms with van der Waals surface area (Å²) in [7, 11) is 3.57. The number of hydrogen-bond acceptors (Lipinski definition) is 8. The Labute approximate surface area is 194 Å². The number of ether oxygens (including phenoxy) is 2. The fourth-order valence-electron chi connectivity index (χ4n) is 3.74. The molecular weight excluding hydrogens is 443 g/mol. The molecule has 1 heterocycles. The van der Waals surface area contributed by atoms with Crippen molar-refractivity contribution in [2.45, 2.75) is 5.92 Å². The summed E-state index contributed by atoms with van der Waals surface area (Å²) in [4.78, 5) is 39.2. The number of carbonyl (C=O) groups is 3. The van der Waals surface area contributed by atoms with Gasteiger partial charge in [0.15, 0.2) is 0 Å². The van der Waals surface area contributed by atoms with Gasteiger partial charge in [-0.25, -0.2) is 14.0 Å². The molecule has 1 aliphatic rings. The van der Waals surface area contributed by atoms with Crippen LogP contribution >= 0.6 is 0 Å². The number of nitrogens with zero attached hydrogens (tertiary/aromatic N) is 2. The zero-order valence-electron chi connectivity index (χ0n) is 18.6. The summed E-state index contributed by atoms with van der Waals surface area (Å²) >= 11 is 0. The molecule has 0 aromatic heterocycles. The lowest BCUT2D eigenvalue weighted by molar-refractivity contribution is -0.139. The molecule has 3 N–H and O–H groups in total. The number of esters is 2. The molecule has 0 radical (unpaired) electrons. The smallest absolute Gasteiger partial charge is 0.355 e. The molecule has 0 fully saturated rings. The van der Waals surface area contributed by atoms with Crippen LogP contribution in [0, 0.1) is 17.1 Å². The second-order valence-electron chi connectivity index (χ2n) is 7.08. The van der Waals surface area contributed by atoms with Crippen LogP contribution in [0.15, 0.2) is 71.2 Å². The first-order chi connectivity index (χ1) is 16.3. The van der Waals surface area contributed by atoms with Gasteiger partial charge in [0.2, 0.25) is 0 Å². The van der Waals surface area contributed by atoms with Crippen LogP contribution in [0.1, 0.15) is 21.8 Å². The third-order valence-electron chi connectivity index (χ3n) is 5.29. The Morgan fingerprint density at radius 3 is 2.29 bits per heavy atom. The highest BCUT2D eigenvalue weighted by molar-refractivity contribution is 6.06. The molecule has 174 valence electrons. The molecule has 2 aromatic rings. The van der Waals surface area contributed by atoms with Gasteiger partial charge in [-0.3, -0.25) is 9.69 Å². The summed E-state index contributed by atoms with van der Waals surface area (Å²) in [6.45, 7) is 0. The number of carbonyl (C=O) groups excluding carboxylic acids is 3. The maximum atomic E-state index is 14.3. The van der Waals surface area contributed by atoms with Crippen LogP contribution in [-0.4, -0.2) is 39.1 Å². The number of rotatable bonds is 5. The molecule has 3 rings (SSSR count). The molecule has 2 aromatic carbocycles. The minimum absolute atomic E-state index is 0.0509. The number of hydrogen-bond donors (Lipinski definition) is 2. The maximum Gasteiger partial charge on any atom is 0.355 e. The van der Waals surface area contributed by atoms with E-state index in [2.05, 4.69) is 5.32 Å². The van der Waals surface area contributed by atoms with Gasteiger partial charge in [0.1, 0.15) is 17.3 Å². The van der Waals surface area contributed by atoms with Crippen molar-refractivity contribution in [2.75, 3.05) is 26.2 Å². The van der Waals surface area contributed by atoms with Crippen molar-refractivity contribution in [3.8, 4) is 6.07 Å². The van der Waals surface area contributed by atoms with Crippen LogP contribution in [0.3, 0.4) is 0 Å². The molecule has 9 nitrogen and oxygen atoms in total. The normalized spacial score (nSPS) is 15.5.